The Hall–Kier alpha value is -2.51. The smallest absolute Gasteiger partial charge is 0.333 e. The van der Waals surface area contributed by atoms with Gasteiger partial charge in [-0.2, -0.15) is 0 Å². The van der Waals surface area contributed by atoms with Crippen molar-refractivity contribution in [1.29, 1.82) is 0 Å². The molecule has 214 valence electrons. The summed E-state index contributed by atoms with van der Waals surface area (Å²) in [6, 6.07) is 20.6. The molecule has 0 aliphatic carbocycles. The van der Waals surface area contributed by atoms with E-state index in [4.69, 9.17) is 14.2 Å². The Kier molecular flexibility index (Phi) is 16.6. The molecule has 0 aliphatic rings. The van der Waals surface area contributed by atoms with Gasteiger partial charge in [-0.1, -0.05) is 78.9 Å². The van der Waals surface area contributed by atoms with Gasteiger partial charge in [-0.15, -0.1) is 0 Å². The van der Waals surface area contributed by atoms with Crippen molar-refractivity contribution in [3.63, 3.8) is 0 Å². The molecule has 0 saturated heterocycles. The molecule has 1 atom stereocenters. The number of esters is 1. The van der Waals surface area contributed by atoms with Crippen molar-refractivity contribution in [3.05, 3.63) is 107 Å². The van der Waals surface area contributed by atoms with Crippen molar-refractivity contribution in [2.24, 2.45) is 0 Å². The minimum absolute atomic E-state index is 0. The molecular weight excluding hydrogens is 554 g/mol. The largest absolute Gasteiger partial charge is 1.00 e. The van der Waals surface area contributed by atoms with Crippen LogP contribution in [0.1, 0.15) is 44.7 Å². The van der Waals surface area contributed by atoms with Gasteiger partial charge in [0.25, 0.3) is 0 Å². The quantitative estimate of drug-likeness (QED) is 0.0915. The maximum Gasteiger partial charge on any atom is 0.333 e. The first kappa shape index (κ1) is 34.5. The second kappa shape index (κ2) is 18.7. The van der Waals surface area contributed by atoms with Gasteiger partial charge in [0.05, 0.1) is 53.7 Å². The highest BCUT2D eigenvalue weighted by Crippen LogP contribution is 2.23. The van der Waals surface area contributed by atoms with E-state index < -0.39 is 0 Å². The highest BCUT2D eigenvalue weighted by Gasteiger charge is 2.30. The van der Waals surface area contributed by atoms with Crippen molar-refractivity contribution >= 4 is 5.97 Å². The Morgan fingerprint density at radius 2 is 1.49 bits per heavy atom. The second-order valence-electron chi connectivity index (χ2n) is 10.3. The SMILES string of the molecule is C=C(COCc1ccccc1)C(CC/C(C)=C/COCc1ccccc1)[N+](C)(C)C/C=C(\C)C(=O)OCC.[Br-]. The van der Waals surface area contributed by atoms with Crippen LogP contribution in [0.5, 0.6) is 0 Å². The third kappa shape index (κ3) is 13.4. The fourth-order valence-electron chi connectivity index (χ4n) is 4.26. The lowest BCUT2D eigenvalue weighted by Crippen LogP contribution is -3.00. The van der Waals surface area contributed by atoms with Gasteiger partial charge in [0.15, 0.2) is 0 Å². The maximum atomic E-state index is 12.1. The van der Waals surface area contributed by atoms with Gasteiger partial charge < -0.3 is 35.7 Å². The summed E-state index contributed by atoms with van der Waals surface area (Å²) in [6.07, 6.45) is 6.00. The maximum absolute atomic E-state index is 12.1. The van der Waals surface area contributed by atoms with E-state index in [1.165, 1.54) is 11.1 Å². The Balaban J connectivity index is 0.00000760. The van der Waals surface area contributed by atoms with E-state index in [2.05, 4.69) is 57.9 Å². The topological polar surface area (TPSA) is 44.8 Å². The summed E-state index contributed by atoms with van der Waals surface area (Å²) < 4.78 is 17.7. The first-order chi connectivity index (χ1) is 18.2. The van der Waals surface area contributed by atoms with Crippen molar-refractivity contribution in [1.82, 2.24) is 0 Å². The highest BCUT2D eigenvalue weighted by atomic mass is 79.9. The van der Waals surface area contributed by atoms with E-state index in [-0.39, 0.29) is 29.0 Å². The molecule has 0 radical (unpaired) electrons. The normalized spacial score (nSPS) is 12.9. The number of ether oxygens (including phenoxy) is 3. The molecule has 1 unspecified atom stereocenters. The van der Waals surface area contributed by atoms with E-state index in [1.54, 1.807) is 0 Å². The first-order valence-electron chi connectivity index (χ1n) is 13.5. The molecular formula is C33H46BrNO4. The van der Waals surface area contributed by atoms with Crippen LogP contribution in [-0.2, 0) is 32.2 Å². The molecule has 0 aliphatic heterocycles. The Bertz CT molecular complexity index is 1050. The van der Waals surface area contributed by atoms with Crippen molar-refractivity contribution < 1.29 is 40.5 Å². The summed E-state index contributed by atoms with van der Waals surface area (Å²) in [5.41, 5.74) is 5.30. The number of nitrogens with zero attached hydrogens (tertiary/aromatic N) is 1. The average molecular weight is 601 g/mol. The summed E-state index contributed by atoms with van der Waals surface area (Å²) in [5, 5.41) is 0. The van der Waals surface area contributed by atoms with Crippen LogP contribution in [0.4, 0.5) is 0 Å². The molecule has 0 heterocycles. The lowest BCUT2D eigenvalue weighted by atomic mass is 9.97. The minimum Gasteiger partial charge on any atom is -1.00 e. The van der Waals surface area contributed by atoms with E-state index in [1.807, 2.05) is 56.3 Å². The molecule has 0 N–H and O–H groups in total. The summed E-state index contributed by atoms with van der Waals surface area (Å²) in [4.78, 5) is 12.1. The molecule has 2 aromatic rings. The molecule has 0 spiro atoms. The molecule has 39 heavy (non-hydrogen) atoms. The van der Waals surface area contributed by atoms with E-state index in [9.17, 15) is 4.79 Å². The number of likely N-dealkylation sites (N-methyl/N-ethyl adjacent to an activating group) is 1. The van der Waals surface area contributed by atoms with Gasteiger partial charge in [0.2, 0.25) is 0 Å². The van der Waals surface area contributed by atoms with E-state index >= 15 is 0 Å². The fourth-order valence-corrected chi connectivity index (χ4v) is 4.26. The number of allylic oxidation sites excluding steroid dienone is 1. The number of hydrogen-bond acceptors (Lipinski definition) is 4. The lowest BCUT2D eigenvalue weighted by molar-refractivity contribution is -0.904. The number of hydrogen-bond donors (Lipinski definition) is 0. The van der Waals surface area contributed by atoms with Crippen LogP contribution in [-0.4, -0.2) is 57.0 Å². The number of benzene rings is 2. The fraction of sp³-hybridized carbons (Fsp3) is 0.424. The number of rotatable bonds is 17. The number of carbonyl (C=O) groups is 1. The minimum atomic E-state index is -0.261. The molecule has 0 amide bonds. The molecule has 2 aromatic carbocycles. The molecule has 0 aromatic heterocycles. The molecule has 5 nitrogen and oxygen atoms in total. The van der Waals surface area contributed by atoms with Gasteiger partial charge in [-0.25, -0.2) is 4.79 Å². The van der Waals surface area contributed by atoms with Crippen LogP contribution >= 0.6 is 0 Å². The average Bonchev–Trinajstić information content (AvgIpc) is 2.91. The predicted molar refractivity (Wildman–Crippen MR) is 155 cm³/mol. The van der Waals surface area contributed by atoms with Crippen LogP contribution in [0.2, 0.25) is 0 Å². The van der Waals surface area contributed by atoms with Crippen molar-refractivity contribution in [2.45, 2.75) is 52.9 Å². The molecule has 6 heteroatoms. The lowest BCUT2D eigenvalue weighted by Gasteiger charge is -2.39. The summed E-state index contributed by atoms with van der Waals surface area (Å²) >= 11 is 0. The first-order valence-corrected chi connectivity index (χ1v) is 13.5. The van der Waals surface area contributed by atoms with Gasteiger partial charge in [-0.3, -0.25) is 0 Å². The molecule has 0 fully saturated rings. The molecule has 0 bridgehead atoms. The highest BCUT2D eigenvalue weighted by molar-refractivity contribution is 5.87. The zero-order valence-corrected chi connectivity index (χ0v) is 25.9. The van der Waals surface area contributed by atoms with Crippen molar-refractivity contribution in [3.8, 4) is 0 Å². The number of quaternary nitrogens is 1. The third-order valence-electron chi connectivity index (χ3n) is 6.65. The number of halogens is 1. The summed E-state index contributed by atoms with van der Waals surface area (Å²) in [7, 11) is 4.37. The van der Waals surface area contributed by atoms with Crippen LogP contribution < -0.4 is 17.0 Å². The van der Waals surface area contributed by atoms with E-state index in [0.29, 0.717) is 49.6 Å². The van der Waals surface area contributed by atoms with Crippen LogP contribution in [0.25, 0.3) is 0 Å². The molecule has 0 saturated carbocycles. The van der Waals surface area contributed by atoms with Gasteiger partial charge in [0, 0.05) is 17.6 Å². The van der Waals surface area contributed by atoms with Gasteiger partial charge in [-0.05, 0) is 44.4 Å². The van der Waals surface area contributed by atoms with E-state index in [0.717, 1.165) is 24.0 Å². The van der Waals surface area contributed by atoms with Crippen molar-refractivity contribution in [2.75, 3.05) is 40.5 Å². The molecule has 2 rings (SSSR count). The Morgan fingerprint density at radius 1 is 0.923 bits per heavy atom. The zero-order chi connectivity index (χ0) is 27.8. The second-order valence-corrected chi connectivity index (χ2v) is 10.3. The number of carbonyl (C=O) groups excluding carboxylic acids is 1. The third-order valence-corrected chi connectivity index (χ3v) is 6.65. The predicted octanol–water partition coefficient (Wildman–Crippen LogP) is 3.66. The summed E-state index contributed by atoms with van der Waals surface area (Å²) in [5.74, 6) is -0.261. The van der Waals surface area contributed by atoms with Crippen LogP contribution in [0, 0.1) is 0 Å². The standard InChI is InChI=1S/C33H46NO4.BrH/c1-7-38-33(35)28(3)20-22-34(5,6)32(29(4)24-37-26-31-16-12-9-13-17-31)19-18-27(2)21-23-36-25-30-14-10-8-11-15-30;/h8-17,20-21,32H,4,7,18-19,22-26H2,1-3,5-6H3;1H/q+1;/p-1/b27-21+,28-20+;. The van der Waals surface area contributed by atoms with Gasteiger partial charge >= 0.3 is 5.97 Å². The van der Waals surface area contributed by atoms with Crippen LogP contribution in [0.15, 0.2) is 96.1 Å². The summed E-state index contributed by atoms with van der Waals surface area (Å²) in [6.45, 7) is 13.5. The van der Waals surface area contributed by atoms with Gasteiger partial charge in [0.1, 0.15) is 6.04 Å². The Labute approximate surface area is 246 Å². The zero-order valence-electron chi connectivity index (χ0n) is 24.3. The van der Waals surface area contributed by atoms with Crippen LogP contribution in [0.3, 0.4) is 0 Å². The Morgan fingerprint density at radius 3 is 2.05 bits per heavy atom. The monoisotopic (exact) mass is 599 g/mol.